The average Bonchev–Trinajstić information content (AvgIpc) is 2.55. The minimum absolute atomic E-state index is 0.283. The molecule has 0 aliphatic carbocycles. The fourth-order valence-corrected chi connectivity index (χ4v) is 2.43. The highest BCUT2D eigenvalue weighted by atomic mass is 79.9. The lowest BCUT2D eigenvalue weighted by atomic mass is 10.0. The van der Waals surface area contributed by atoms with Gasteiger partial charge in [0.1, 0.15) is 5.75 Å². The van der Waals surface area contributed by atoms with Gasteiger partial charge in [-0.25, -0.2) is 0 Å². The molecule has 2 rings (SSSR count). The number of rotatable bonds is 5. The molecule has 2 aromatic carbocycles. The van der Waals surface area contributed by atoms with Gasteiger partial charge in [0.2, 0.25) is 0 Å². The normalized spacial score (nSPS) is 11.6. The molecule has 120 valence electrons. The van der Waals surface area contributed by atoms with Crippen LogP contribution in [-0.4, -0.2) is 24.1 Å². The van der Waals surface area contributed by atoms with Crippen molar-refractivity contribution in [3.8, 4) is 5.75 Å². The molecule has 0 saturated carbocycles. The van der Waals surface area contributed by atoms with E-state index in [-0.39, 0.29) is 5.91 Å². The van der Waals surface area contributed by atoms with E-state index < -0.39 is 11.9 Å². The zero-order valence-corrected chi connectivity index (χ0v) is 14.3. The summed E-state index contributed by atoms with van der Waals surface area (Å²) < 4.78 is 5.78. The number of carboxylic acids is 1. The van der Waals surface area contributed by atoms with Crippen LogP contribution in [0.15, 0.2) is 46.9 Å². The van der Waals surface area contributed by atoms with Gasteiger partial charge in [0.25, 0.3) is 5.91 Å². The van der Waals surface area contributed by atoms with E-state index in [0.29, 0.717) is 27.0 Å². The number of ether oxygens (including phenoxy) is 1. The van der Waals surface area contributed by atoms with Crippen LogP contribution in [0.1, 0.15) is 28.8 Å². The van der Waals surface area contributed by atoms with E-state index in [1.54, 1.807) is 49.4 Å². The minimum Gasteiger partial charge on any atom is -0.497 e. The number of hydrogen-bond donors (Lipinski definition) is 2. The van der Waals surface area contributed by atoms with Gasteiger partial charge in [0.05, 0.1) is 18.6 Å². The van der Waals surface area contributed by atoms with Crippen molar-refractivity contribution >= 4 is 33.5 Å². The van der Waals surface area contributed by atoms with E-state index in [9.17, 15) is 9.59 Å². The van der Waals surface area contributed by atoms with Gasteiger partial charge in [-0.15, -0.1) is 0 Å². The number of carbonyl (C=O) groups is 2. The van der Waals surface area contributed by atoms with Crippen LogP contribution in [0.25, 0.3) is 0 Å². The summed E-state index contributed by atoms with van der Waals surface area (Å²) in [5.41, 5.74) is 1.72. The van der Waals surface area contributed by atoms with Gasteiger partial charge in [-0.05, 0) is 58.7 Å². The van der Waals surface area contributed by atoms with Crippen LogP contribution in [0.5, 0.6) is 5.75 Å². The van der Waals surface area contributed by atoms with Crippen molar-refractivity contribution in [2.24, 2.45) is 0 Å². The first-order valence-electron chi connectivity index (χ1n) is 6.90. The molecule has 5 nitrogen and oxygen atoms in total. The molecule has 0 bridgehead atoms. The summed E-state index contributed by atoms with van der Waals surface area (Å²) >= 11 is 3.34. The molecule has 6 heteroatoms. The third-order valence-corrected chi connectivity index (χ3v) is 4.15. The number of halogens is 1. The molecule has 0 aromatic heterocycles. The molecule has 2 N–H and O–H groups in total. The largest absolute Gasteiger partial charge is 0.497 e. The molecule has 0 fully saturated rings. The van der Waals surface area contributed by atoms with E-state index in [1.165, 1.54) is 7.11 Å². The first-order chi connectivity index (χ1) is 10.9. The predicted molar refractivity (Wildman–Crippen MR) is 91.1 cm³/mol. The van der Waals surface area contributed by atoms with Gasteiger partial charge in [-0.2, -0.15) is 0 Å². The number of nitrogens with one attached hydrogen (secondary N) is 1. The minimum atomic E-state index is -0.887. The summed E-state index contributed by atoms with van der Waals surface area (Å²) in [4.78, 5) is 23.3. The van der Waals surface area contributed by atoms with Crippen molar-refractivity contribution in [1.82, 2.24) is 0 Å². The Morgan fingerprint density at radius 2 is 1.83 bits per heavy atom. The maximum Gasteiger partial charge on any atom is 0.310 e. The van der Waals surface area contributed by atoms with Crippen LogP contribution in [-0.2, 0) is 4.79 Å². The Hall–Kier alpha value is -2.34. The third-order valence-electron chi connectivity index (χ3n) is 3.46. The van der Waals surface area contributed by atoms with Gasteiger partial charge in [-0.1, -0.05) is 12.1 Å². The van der Waals surface area contributed by atoms with Crippen LogP contribution in [0.3, 0.4) is 0 Å². The molecule has 1 amide bonds. The smallest absolute Gasteiger partial charge is 0.310 e. The van der Waals surface area contributed by atoms with Crippen LogP contribution in [0.2, 0.25) is 0 Å². The Morgan fingerprint density at radius 1 is 1.17 bits per heavy atom. The Balaban J connectivity index is 2.16. The maximum atomic E-state index is 12.3. The number of carboxylic acid groups (broad SMARTS) is 1. The lowest BCUT2D eigenvalue weighted by Crippen LogP contribution is -2.13. The molecule has 1 unspecified atom stereocenters. The summed E-state index contributed by atoms with van der Waals surface area (Å²) in [6, 6.07) is 11.9. The molecule has 0 heterocycles. The predicted octanol–water partition coefficient (Wildman–Crippen LogP) is 3.90. The second-order valence-corrected chi connectivity index (χ2v) is 5.84. The summed E-state index contributed by atoms with van der Waals surface area (Å²) in [7, 11) is 1.53. The summed E-state index contributed by atoms with van der Waals surface area (Å²) in [6.07, 6.45) is 0. The molecule has 1 atom stereocenters. The number of benzene rings is 2. The summed E-state index contributed by atoms with van der Waals surface area (Å²) in [5.74, 6) is -1.17. The van der Waals surface area contributed by atoms with Gasteiger partial charge in [0.15, 0.2) is 0 Å². The molecule has 0 saturated heterocycles. The van der Waals surface area contributed by atoms with Crippen molar-refractivity contribution < 1.29 is 19.4 Å². The summed E-state index contributed by atoms with van der Waals surface area (Å²) in [5, 5.41) is 11.8. The molecule has 23 heavy (non-hydrogen) atoms. The first kappa shape index (κ1) is 17.0. The highest BCUT2D eigenvalue weighted by Gasteiger charge is 2.14. The average molecular weight is 378 g/mol. The van der Waals surface area contributed by atoms with Crippen molar-refractivity contribution in [2.75, 3.05) is 12.4 Å². The fraction of sp³-hybridized carbons (Fsp3) is 0.176. The molecule has 2 aromatic rings. The van der Waals surface area contributed by atoms with Crippen LogP contribution >= 0.6 is 15.9 Å². The van der Waals surface area contributed by atoms with E-state index in [0.717, 1.165) is 0 Å². The Kier molecular flexibility index (Phi) is 5.39. The van der Waals surface area contributed by atoms with Gasteiger partial charge in [-0.3, -0.25) is 9.59 Å². The number of amides is 1. The highest BCUT2D eigenvalue weighted by Crippen LogP contribution is 2.24. The lowest BCUT2D eigenvalue weighted by Gasteiger charge is -2.10. The van der Waals surface area contributed by atoms with Crippen LogP contribution in [0.4, 0.5) is 5.69 Å². The molecule has 0 spiro atoms. The van der Waals surface area contributed by atoms with Gasteiger partial charge >= 0.3 is 5.97 Å². The van der Waals surface area contributed by atoms with E-state index >= 15 is 0 Å². The van der Waals surface area contributed by atoms with Crippen molar-refractivity contribution in [1.29, 1.82) is 0 Å². The molecular formula is C17H16BrNO4. The molecule has 0 radical (unpaired) electrons. The third kappa shape index (κ3) is 4.10. The maximum absolute atomic E-state index is 12.3. The molecular weight excluding hydrogens is 362 g/mol. The van der Waals surface area contributed by atoms with Crippen LogP contribution < -0.4 is 10.1 Å². The van der Waals surface area contributed by atoms with Gasteiger partial charge in [0, 0.05) is 10.2 Å². The lowest BCUT2D eigenvalue weighted by molar-refractivity contribution is -0.138. The highest BCUT2D eigenvalue weighted by molar-refractivity contribution is 9.10. The van der Waals surface area contributed by atoms with E-state index in [1.807, 2.05) is 0 Å². The second-order valence-electron chi connectivity index (χ2n) is 4.98. The Bertz CT molecular complexity index is 728. The molecule has 0 aliphatic heterocycles. The van der Waals surface area contributed by atoms with Crippen molar-refractivity contribution in [3.63, 3.8) is 0 Å². The number of carbonyl (C=O) groups excluding carboxylic acids is 1. The fourth-order valence-electron chi connectivity index (χ4n) is 2.00. The number of hydrogen-bond acceptors (Lipinski definition) is 3. The zero-order chi connectivity index (χ0) is 17.0. The quantitative estimate of drug-likeness (QED) is 0.828. The molecule has 0 aliphatic rings. The first-order valence-corrected chi connectivity index (χ1v) is 7.69. The zero-order valence-electron chi connectivity index (χ0n) is 12.7. The standard InChI is InChI=1S/C17H16BrNO4/c1-10(17(21)22)11-3-5-12(6-4-11)19-16(20)14-9-13(23-2)7-8-15(14)18/h3-10H,1-2H3,(H,19,20)(H,21,22). The van der Waals surface area contributed by atoms with E-state index in [2.05, 4.69) is 21.2 Å². The van der Waals surface area contributed by atoms with E-state index in [4.69, 9.17) is 9.84 Å². The Morgan fingerprint density at radius 3 is 2.39 bits per heavy atom. The van der Waals surface area contributed by atoms with Crippen LogP contribution in [0, 0.1) is 0 Å². The number of aliphatic carboxylic acids is 1. The van der Waals surface area contributed by atoms with Crippen molar-refractivity contribution in [2.45, 2.75) is 12.8 Å². The number of methoxy groups -OCH3 is 1. The Labute approximate surface area is 142 Å². The SMILES string of the molecule is COc1ccc(Br)c(C(=O)Nc2ccc(C(C)C(=O)O)cc2)c1. The van der Waals surface area contributed by atoms with Gasteiger partial charge < -0.3 is 15.2 Å². The number of anilines is 1. The summed E-state index contributed by atoms with van der Waals surface area (Å²) in [6.45, 7) is 1.61. The second kappa shape index (κ2) is 7.28. The topological polar surface area (TPSA) is 75.6 Å². The monoisotopic (exact) mass is 377 g/mol. The van der Waals surface area contributed by atoms with Crippen molar-refractivity contribution in [3.05, 3.63) is 58.1 Å².